The second-order valence-electron chi connectivity index (χ2n) is 4.28. The molecule has 0 saturated heterocycles. The van der Waals surface area contributed by atoms with Crippen LogP contribution in [0.25, 0.3) is 0 Å². The molecule has 1 aliphatic heterocycles. The second kappa shape index (κ2) is 4.20. The van der Waals surface area contributed by atoms with Gasteiger partial charge in [0.25, 0.3) is 0 Å². The number of nitrogens with zero attached hydrogens (tertiary/aromatic N) is 1. The molecule has 19 heavy (non-hydrogen) atoms. The van der Waals surface area contributed by atoms with E-state index in [0.29, 0.717) is 5.56 Å². The van der Waals surface area contributed by atoms with Crippen molar-refractivity contribution in [3.05, 3.63) is 47.5 Å². The van der Waals surface area contributed by atoms with Gasteiger partial charge in [-0.3, -0.25) is 4.99 Å². The van der Waals surface area contributed by atoms with Crippen molar-refractivity contribution in [1.82, 2.24) is 0 Å². The maximum Gasteiger partial charge on any atom is 0.200 e. The summed E-state index contributed by atoms with van der Waals surface area (Å²) >= 11 is 0. The first-order valence-corrected chi connectivity index (χ1v) is 5.79. The molecule has 0 fully saturated rings. The normalized spacial score (nSPS) is 16.7. The molecule has 1 aliphatic rings. The third-order valence-electron chi connectivity index (χ3n) is 3.15. The summed E-state index contributed by atoms with van der Waals surface area (Å²) in [6.07, 6.45) is 1.55. The Balaban J connectivity index is 2.15. The molecule has 0 aliphatic carbocycles. The Hall–Kier alpha value is -2.69. The Labute approximate surface area is 109 Å². The van der Waals surface area contributed by atoms with Crippen molar-refractivity contribution in [2.75, 3.05) is 5.32 Å². The molecule has 1 heterocycles. The standard InChI is InChI=1S/C14H12N2O3/c17-11-6-5-9(13(18)14(11)19)12-8-3-1-2-4-10(8)15-7-16-12/h1-7,12,17-19H,(H,15,16). The Kier molecular flexibility index (Phi) is 2.52. The van der Waals surface area contributed by atoms with Crippen LogP contribution in [0.3, 0.4) is 0 Å². The summed E-state index contributed by atoms with van der Waals surface area (Å²) in [6.45, 7) is 0. The smallest absolute Gasteiger partial charge is 0.200 e. The first-order chi connectivity index (χ1) is 9.18. The maximum absolute atomic E-state index is 9.95. The summed E-state index contributed by atoms with van der Waals surface area (Å²) in [5.74, 6) is -1.23. The number of para-hydroxylation sites is 1. The molecular weight excluding hydrogens is 244 g/mol. The number of phenols is 3. The lowest BCUT2D eigenvalue weighted by atomic mass is 9.95. The van der Waals surface area contributed by atoms with Crippen LogP contribution in [0.15, 0.2) is 41.4 Å². The zero-order chi connectivity index (χ0) is 13.4. The lowest BCUT2D eigenvalue weighted by Crippen LogP contribution is -2.11. The monoisotopic (exact) mass is 256 g/mol. The van der Waals surface area contributed by atoms with Crippen LogP contribution >= 0.6 is 0 Å². The van der Waals surface area contributed by atoms with E-state index < -0.39 is 11.8 Å². The van der Waals surface area contributed by atoms with E-state index in [-0.39, 0.29) is 11.5 Å². The van der Waals surface area contributed by atoms with Crippen molar-refractivity contribution in [3.8, 4) is 17.2 Å². The summed E-state index contributed by atoms with van der Waals surface area (Å²) in [6, 6.07) is 10.1. The molecule has 0 radical (unpaired) electrons. The molecular formula is C14H12N2O3. The quantitative estimate of drug-likeness (QED) is 0.590. The fourth-order valence-corrected chi connectivity index (χ4v) is 2.18. The van der Waals surface area contributed by atoms with Crippen LogP contribution < -0.4 is 5.32 Å². The van der Waals surface area contributed by atoms with Gasteiger partial charge in [0.05, 0.1) is 6.34 Å². The van der Waals surface area contributed by atoms with Crippen molar-refractivity contribution >= 4 is 12.0 Å². The van der Waals surface area contributed by atoms with E-state index in [9.17, 15) is 15.3 Å². The molecule has 2 aromatic rings. The third kappa shape index (κ3) is 1.76. The third-order valence-corrected chi connectivity index (χ3v) is 3.15. The molecule has 96 valence electrons. The van der Waals surface area contributed by atoms with Crippen LogP contribution in [0.5, 0.6) is 17.2 Å². The van der Waals surface area contributed by atoms with E-state index >= 15 is 0 Å². The lowest BCUT2D eigenvalue weighted by Gasteiger charge is -2.22. The number of anilines is 1. The predicted molar refractivity (Wildman–Crippen MR) is 71.8 cm³/mol. The second-order valence-corrected chi connectivity index (χ2v) is 4.28. The molecule has 1 unspecified atom stereocenters. The molecule has 0 aromatic heterocycles. The van der Waals surface area contributed by atoms with E-state index in [1.54, 1.807) is 12.4 Å². The largest absolute Gasteiger partial charge is 0.504 e. The molecule has 0 amide bonds. The lowest BCUT2D eigenvalue weighted by molar-refractivity contribution is 0.364. The van der Waals surface area contributed by atoms with E-state index in [0.717, 1.165) is 11.3 Å². The molecule has 1 atom stereocenters. The Morgan fingerprint density at radius 3 is 2.53 bits per heavy atom. The number of hydrogen-bond donors (Lipinski definition) is 4. The van der Waals surface area contributed by atoms with Crippen molar-refractivity contribution in [2.45, 2.75) is 6.04 Å². The molecule has 5 heteroatoms. The van der Waals surface area contributed by atoms with Crippen molar-refractivity contribution in [2.24, 2.45) is 4.99 Å². The van der Waals surface area contributed by atoms with Gasteiger partial charge >= 0.3 is 0 Å². The van der Waals surface area contributed by atoms with Crippen molar-refractivity contribution < 1.29 is 15.3 Å². The van der Waals surface area contributed by atoms with Crippen LogP contribution in [0.4, 0.5) is 5.69 Å². The van der Waals surface area contributed by atoms with Crippen LogP contribution in [-0.4, -0.2) is 21.7 Å². The average Bonchev–Trinajstić information content (AvgIpc) is 2.45. The maximum atomic E-state index is 9.95. The topological polar surface area (TPSA) is 85.1 Å². The highest BCUT2D eigenvalue weighted by molar-refractivity contribution is 5.81. The van der Waals surface area contributed by atoms with Gasteiger partial charge in [-0.25, -0.2) is 0 Å². The van der Waals surface area contributed by atoms with Crippen molar-refractivity contribution in [3.63, 3.8) is 0 Å². The fraction of sp³-hybridized carbons (Fsp3) is 0.0714. The Morgan fingerprint density at radius 1 is 0.895 bits per heavy atom. The van der Waals surface area contributed by atoms with Gasteiger partial charge in [-0.15, -0.1) is 0 Å². The van der Waals surface area contributed by atoms with E-state index in [1.807, 2.05) is 24.3 Å². The van der Waals surface area contributed by atoms with Gasteiger partial charge < -0.3 is 20.6 Å². The van der Waals surface area contributed by atoms with Crippen LogP contribution in [-0.2, 0) is 0 Å². The predicted octanol–water partition coefficient (Wildman–Crippen LogP) is 2.35. The summed E-state index contributed by atoms with van der Waals surface area (Å²) in [4.78, 5) is 4.28. The average molecular weight is 256 g/mol. The Bertz CT molecular complexity index is 668. The Morgan fingerprint density at radius 2 is 1.68 bits per heavy atom. The molecule has 0 spiro atoms. The summed E-state index contributed by atoms with van der Waals surface area (Å²) in [5.41, 5.74) is 2.24. The van der Waals surface area contributed by atoms with Gasteiger partial charge in [-0.2, -0.15) is 0 Å². The number of benzene rings is 2. The first kappa shape index (κ1) is 11.4. The zero-order valence-corrected chi connectivity index (χ0v) is 9.91. The fourth-order valence-electron chi connectivity index (χ4n) is 2.18. The van der Waals surface area contributed by atoms with Gasteiger partial charge in [-0.1, -0.05) is 18.2 Å². The van der Waals surface area contributed by atoms with Gasteiger partial charge in [0, 0.05) is 16.8 Å². The zero-order valence-electron chi connectivity index (χ0n) is 9.91. The molecule has 2 aromatic carbocycles. The summed E-state index contributed by atoms with van der Waals surface area (Å²) in [5, 5.41) is 31.9. The van der Waals surface area contributed by atoms with Crippen molar-refractivity contribution in [1.29, 1.82) is 0 Å². The molecule has 0 bridgehead atoms. The molecule has 3 rings (SSSR count). The summed E-state index contributed by atoms with van der Waals surface area (Å²) < 4.78 is 0. The number of phenolic OH excluding ortho intramolecular Hbond substituents is 3. The molecule has 4 N–H and O–H groups in total. The number of hydrogen-bond acceptors (Lipinski definition) is 5. The van der Waals surface area contributed by atoms with E-state index in [2.05, 4.69) is 10.3 Å². The minimum absolute atomic E-state index is 0.348. The van der Waals surface area contributed by atoms with E-state index in [4.69, 9.17) is 0 Å². The molecule has 0 saturated carbocycles. The minimum Gasteiger partial charge on any atom is -0.504 e. The number of aromatic hydroxyl groups is 3. The number of nitrogens with one attached hydrogen (secondary N) is 1. The number of fused-ring (bicyclic) bond motifs is 1. The highest BCUT2D eigenvalue weighted by Crippen LogP contribution is 2.44. The van der Waals surface area contributed by atoms with E-state index in [1.165, 1.54) is 6.07 Å². The van der Waals surface area contributed by atoms with Crippen LogP contribution in [0, 0.1) is 0 Å². The SMILES string of the molecule is Oc1ccc(C2N=CNc3ccccc32)c(O)c1O. The highest BCUT2D eigenvalue weighted by atomic mass is 16.3. The highest BCUT2D eigenvalue weighted by Gasteiger charge is 2.24. The van der Waals surface area contributed by atoms with Crippen LogP contribution in [0.1, 0.15) is 17.2 Å². The summed E-state index contributed by atoms with van der Waals surface area (Å²) in [7, 11) is 0. The molecule has 5 nitrogen and oxygen atoms in total. The van der Waals surface area contributed by atoms with Gasteiger partial charge in [0.2, 0.25) is 5.75 Å². The minimum atomic E-state index is -0.524. The number of rotatable bonds is 1. The van der Waals surface area contributed by atoms with Crippen LogP contribution in [0.2, 0.25) is 0 Å². The van der Waals surface area contributed by atoms with Gasteiger partial charge in [-0.05, 0) is 18.2 Å². The number of aliphatic imine (C=N–C) groups is 1. The van der Waals surface area contributed by atoms with Gasteiger partial charge in [0.1, 0.15) is 6.04 Å². The van der Waals surface area contributed by atoms with Gasteiger partial charge in [0.15, 0.2) is 11.5 Å². The first-order valence-electron chi connectivity index (χ1n) is 5.79.